The minimum atomic E-state index is 0.0697. The van der Waals surface area contributed by atoms with Crippen LogP contribution in [0.25, 0.3) is 0 Å². The van der Waals surface area contributed by atoms with Gasteiger partial charge in [-0.25, -0.2) is 0 Å². The Bertz CT molecular complexity index is 957. The number of nitrogens with zero attached hydrogens (tertiary/aromatic N) is 4. The molecule has 0 spiro atoms. The second kappa shape index (κ2) is 8.56. The van der Waals surface area contributed by atoms with Crippen LogP contribution in [0.15, 0.2) is 36.5 Å². The Hall–Kier alpha value is -2.67. The van der Waals surface area contributed by atoms with E-state index in [2.05, 4.69) is 59.9 Å². The standard InChI is InChI=1S/C21H28N6S/c1-6-26-13-19(15(3)24-26)14(2)22-21(28)23-20-16(4)25-27(17(20)5)12-18-10-8-7-9-11-18/h7-11,13-14H,6,12H2,1-5H3,(H2,22,23,28). The van der Waals surface area contributed by atoms with Crippen LogP contribution >= 0.6 is 12.2 Å². The van der Waals surface area contributed by atoms with Crippen LogP contribution in [-0.2, 0) is 13.1 Å². The Labute approximate surface area is 172 Å². The zero-order valence-corrected chi connectivity index (χ0v) is 18.0. The van der Waals surface area contributed by atoms with Gasteiger partial charge in [0.15, 0.2) is 5.11 Å². The third-order valence-corrected chi connectivity index (χ3v) is 5.14. The third kappa shape index (κ3) is 4.42. The van der Waals surface area contributed by atoms with E-state index in [1.807, 2.05) is 41.4 Å². The fourth-order valence-electron chi connectivity index (χ4n) is 3.33. The molecule has 0 fully saturated rings. The van der Waals surface area contributed by atoms with Gasteiger partial charge in [0, 0.05) is 18.3 Å². The van der Waals surface area contributed by atoms with Crippen molar-refractivity contribution in [3.63, 3.8) is 0 Å². The predicted molar refractivity (Wildman–Crippen MR) is 118 cm³/mol. The fourth-order valence-corrected chi connectivity index (χ4v) is 3.61. The van der Waals surface area contributed by atoms with Crippen LogP contribution in [0.4, 0.5) is 5.69 Å². The Morgan fingerprint density at radius 2 is 1.82 bits per heavy atom. The number of aryl methyl sites for hydroxylation is 3. The fraction of sp³-hybridized carbons (Fsp3) is 0.381. The summed E-state index contributed by atoms with van der Waals surface area (Å²) in [5.74, 6) is 0. The number of rotatable bonds is 6. The Balaban J connectivity index is 1.69. The SMILES string of the molecule is CCn1cc(C(C)NC(=S)Nc2c(C)nn(Cc3ccccc3)c2C)c(C)n1. The topological polar surface area (TPSA) is 59.7 Å². The molecule has 6 nitrogen and oxygen atoms in total. The highest BCUT2D eigenvalue weighted by molar-refractivity contribution is 7.80. The summed E-state index contributed by atoms with van der Waals surface area (Å²) in [6.45, 7) is 11.9. The molecule has 0 aliphatic heterocycles. The molecule has 1 aromatic carbocycles. The highest BCUT2D eigenvalue weighted by atomic mass is 32.1. The van der Waals surface area contributed by atoms with Gasteiger partial charge in [-0.05, 0) is 52.4 Å². The van der Waals surface area contributed by atoms with Gasteiger partial charge in [0.05, 0.1) is 35.4 Å². The van der Waals surface area contributed by atoms with Crippen molar-refractivity contribution in [2.24, 2.45) is 0 Å². The van der Waals surface area contributed by atoms with Crippen LogP contribution in [0.3, 0.4) is 0 Å². The van der Waals surface area contributed by atoms with Crippen LogP contribution in [0.2, 0.25) is 0 Å². The number of hydrogen-bond donors (Lipinski definition) is 2. The van der Waals surface area contributed by atoms with E-state index < -0.39 is 0 Å². The minimum Gasteiger partial charge on any atom is -0.356 e. The Kier molecular flexibility index (Phi) is 6.14. The molecule has 7 heteroatoms. The number of anilines is 1. The molecule has 0 aliphatic carbocycles. The minimum absolute atomic E-state index is 0.0697. The number of aromatic nitrogens is 4. The van der Waals surface area contributed by atoms with Crippen molar-refractivity contribution < 1.29 is 0 Å². The van der Waals surface area contributed by atoms with Gasteiger partial charge in [0.1, 0.15) is 0 Å². The van der Waals surface area contributed by atoms with Crippen LogP contribution in [0.5, 0.6) is 0 Å². The number of nitrogens with one attached hydrogen (secondary N) is 2. The van der Waals surface area contributed by atoms with Gasteiger partial charge < -0.3 is 10.6 Å². The molecule has 3 aromatic rings. The zero-order valence-electron chi connectivity index (χ0n) is 17.2. The first-order valence-corrected chi connectivity index (χ1v) is 9.99. The van der Waals surface area contributed by atoms with Gasteiger partial charge in [-0.2, -0.15) is 10.2 Å². The predicted octanol–water partition coefficient (Wildman–Crippen LogP) is 4.12. The molecule has 0 saturated carbocycles. The van der Waals surface area contributed by atoms with E-state index >= 15 is 0 Å². The maximum absolute atomic E-state index is 5.56. The van der Waals surface area contributed by atoms with Crippen molar-refractivity contribution >= 4 is 23.0 Å². The molecule has 0 aliphatic rings. The second-order valence-corrected chi connectivity index (χ2v) is 7.44. The lowest BCUT2D eigenvalue weighted by Crippen LogP contribution is -2.31. The molecular weight excluding hydrogens is 368 g/mol. The molecule has 0 saturated heterocycles. The van der Waals surface area contributed by atoms with Crippen molar-refractivity contribution in [1.29, 1.82) is 0 Å². The number of hydrogen-bond acceptors (Lipinski definition) is 3. The van der Waals surface area contributed by atoms with Crippen LogP contribution in [0.1, 0.15) is 48.1 Å². The summed E-state index contributed by atoms with van der Waals surface area (Å²) >= 11 is 5.56. The lowest BCUT2D eigenvalue weighted by atomic mass is 10.1. The van der Waals surface area contributed by atoms with Crippen molar-refractivity contribution in [2.75, 3.05) is 5.32 Å². The molecule has 2 heterocycles. The summed E-state index contributed by atoms with van der Waals surface area (Å²) < 4.78 is 3.95. The van der Waals surface area contributed by atoms with Gasteiger partial charge in [-0.1, -0.05) is 30.3 Å². The maximum Gasteiger partial charge on any atom is 0.171 e. The first-order valence-electron chi connectivity index (χ1n) is 9.58. The summed E-state index contributed by atoms with van der Waals surface area (Å²) in [5, 5.41) is 16.5. The first kappa shape index (κ1) is 20.1. The van der Waals surface area contributed by atoms with Gasteiger partial charge in [0.25, 0.3) is 0 Å². The van der Waals surface area contributed by atoms with E-state index in [9.17, 15) is 0 Å². The van der Waals surface area contributed by atoms with E-state index in [4.69, 9.17) is 12.2 Å². The zero-order chi connectivity index (χ0) is 20.3. The molecule has 2 aromatic heterocycles. The van der Waals surface area contributed by atoms with E-state index in [1.165, 1.54) is 5.56 Å². The van der Waals surface area contributed by atoms with Crippen molar-refractivity contribution in [3.8, 4) is 0 Å². The van der Waals surface area contributed by atoms with E-state index in [-0.39, 0.29) is 6.04 Å². The average Bonchev–Trinajstić information content (AvgIpc) is 3.17. The van der Waals surface area contributed by atoms with E-state index in [0.29, 0.717) is 5.11 Å². The third-order valence-electron chi connectivity index (χ3n) is 4.92. The van der Waals surface area contributed by atoms with Gasteiger partial charge >= 0.3 is 0 Å². The van der Waals surface area contributed by atoms with Crippen LogP contribution < -0.4 is 10.6 Å². The molecule has 0 bridgehead atoms. The number of thiocarbonyl (C=S) groups is 1. The van der Waals surface area contributed by atoms with Gasteiger partial charge in [-0.15, -0.1) is 0 Å². The summed E-state index contributed by atoms with van der Waals surface area (Å²) in [4.78, 5) is 0. The highest BCUT2D eigenvalue weighted by Gasteiger charge is 2.16. The molecular formula is C21H28N6S. The summed E-state index contributed by atoms with van der Waals surface area (Å²) in [6, 6.07) is 10.4. The first-order chi connectivity index (χ1) is 13.4. The molecule has 148 valence electrons. The lowest BCUT2D eigenvalue weighted by Gasteiger charge is -2.17. The summed E-state index contributed by atoms with van der Waals surface area (Å²) in [5.41, 5.74) is 6.35. The molecule has 0 amide bonds. The van der Waals surface area contributed by atoms with E-state index in [0.717, 1.165) is 41.4 Å². The Morgan fingerprint density at radius 1 is 1.11 bits per heavy atom. The van der Waals surface area contributed by atoms with Gasteiger partial charge in [0.2, 0.25) is 0 Å². The average molecular weight is 397 g/mol. The van der Waals surface area contributed by atoms with Crippen molar-refractivity contribution in [3.05, 3.63) is 64.7 Å². The normalized spacial score (nSPS) is 12.0. The summed E-state index contributed by atoms with van der Waals surface area (Å²) in [7, 11) is 0. The Morgan fingerprint density at radius 3 is 2.46 bits per heavy atom. The molecule has 0 radical (unpaired) electrons. The second-order valence-electron chi connectivity index (χ2n) is 7.03. The molecule has 2 N–H and O–H groups in total. The molecule has 28 heavy (non-hydrogen) atoms. The van der Waals surface area contributed by atoms with Crippen molar-refractivity contribution in [1.82, 2.24) is 24.9 Å². The lowest BCUT2D eigenvalue weighted by molar-refractivity contribution is 0.651. The summed E-state index contributed by atoms with van der Waals surface area (Å²) in [6.07, 6.45) is 2.07. The quantitative estimate of drug-likeness (QED) is 0.614. The smallest absolute Gasteiger partial charge is 0.171 e. The van der Waals surface area contributed by atoms with Crippen LogP contribution in [0, 0.1) is 20.8 Å². The molecule has 1 unspecified atom stereocenters. The molecule has 1 atom stereocenters. The molecule has 3 rings (SSSR count). The van der Waals surface area contributed by atoms with E-state index in [1.54, 1.807) is 0 Å². The number of benzene rings is 1. The van der Waals surface area contributed by atoms with Gasteiger partial charge in [-0.3, -0.25) is 9.36 Å². The van der Waals surface area contributed by atoms with Crippen LogP contribution in [-0.4, -0.2) is 24.7 Å². The highest BCUT2D eigenvalue weighted by Crippen LogP contribution is 2.21. The largest absolute Gasteiger partial charge is 0.356 e. The monoisotopic (exact) mass is 396 g/mol. The van der Waals surface area contributed by atoms with Crippen molar-refractivity contribution in [2.45, 2.75) is 53.8 Å². The maximum atomic E-state index is 5.56.